The number of hydrogen-bond acceptors (Lipinski definition) is 3. The first-order valence-corrected chi connectivity index (χ1v) is 6.47. The molecule has 0 saturated carbocycles. The lowest BCUT2D eigenvalue weighted by atomic mass is 10.1. The van der Waals surface area contributed by atoms with E-state index in [9.17, 15) is 4.79 Å². The highest BCUT2D eigenvalue weighted by molar-refractivity contribution is 8.00. The van der Waals surface area contributed by atoms with Gasteiger partial charge in [-0.15, -0.1) is 0 Å². The van der Waals surface area contributed by atoms with Crippen LogP contribution in [0, 0.1) is 0 Å². The normalized spacial score (nSPS) is 17.0. The van der Waals surface area contributed by atoms with Gasteiger partial charge in [0.1, 0.15) is 5.37 Å². The molecule has 2 aromatic carbocycles. The van der Waals surface area contributed by atoms with Gasteiger partial charge in [-0.25, -0.2) is 4.79 Å². The molecule has 0 spiro atoms. The van der Waals surface area contributed by atoms with E-state index >= 15 is 0 Å². The zero-order valence-electron chi connectivity index (χ0n) is 9.46. The molecule has 1 atom stereocenters. The summed E-state index contributed by atoms with van der Waals surface area (Å²) in [5.74, 6) is -0.892. The van der Waals surface area contributed by atoms with E-state index in [2.05, 4.69) is 11.4 Å². The summed E-state index contributed by atoms with van der Waals surface area (Å²) >= 11 is 1.74. The molecule has 1 unspecified atom stereocenters. The molecular weight excluding hydrogens is 246 g/mol. The zero-order chi connectivity index (χ0) is 12.5. The molecule has 0 amide bonds. The van der Waals surface area contributed by atoms with Gasteiger partial charge < -0.3 is 10.4 Å². The number of para-hydroxylation sites is 1. The predicted molar refractivity (Wildman–Crippen MR) is 72.1 cm³/mol. The highest BCUT2D eigenvalue weighted by Gasteiger charge is 2.22. The third kappa shape index (κ3) is 1.95. The second kappa shape index (κ2) is 4.38. The van der Waals surface area contributed by atoms with Crippen LogP contribution in [0.4, 0.5) is 5.69 Å². The van der Waals surface area contributed by atoms with E-state index in [1.807, 2.05) is 30.3 Å². The van der Waals surface area contributed by atoms with Crippen LogP contribution in [0.1, 0.15) is 21.3 Å². The molecule has 0 saturated heterocycles. The minimum Gasteiger partial charge on any atom is -0.478 e. The Hall–Kier alpha value is -1.94. The topological polar surface area (TPSA) is 49.3 Å². The van der Waals surface area contributed by atoms with Gasteiger partial charge in [0.15, 0.2) is 0 Å². The van der Waals surface area contributed by atoms with Gasteiger partial charge in [-0.1, -0.05) is 36.0 Å². The molecule has 1 aliphatic heterocycles. The lowest BCUT2D eigenvalue weighted by Crippen LogP contribution is -2.02. The van der Waals surface area contributed by atoms with Crippen molar-refractivity contribution in [2.75, 3.05) is 5.32 Å². The molecule has 0 fully saturated rings. The fourth-order valence-electron chi connectivity index (χ4n) is 1.94. The molecule has 0 radical (unpaired) electrons. The molecule has 2 aromatic rings. The van der Waals surface area contributed by atoms with Crippen LogP contribution in [0.2, 0.25) is 0 Å². The van der Waals surface area contributed by atoms with Gasteiger partial charge >= 0.3 is 5.97 Å². The molecule has 3 rings (SSSR count). The summed E-state index contributed by atoms with van der Waals surface area (Å²) in [5, 5.41) is 12.4. The van der Waals surface area contributed by atoms with Crippen LogP contribution in [0.25, 0.3) is 0 Å². The van der Waals surface area contributed by atoms with Gasteiger partial charge in [-0.2, -0.15) is 0 Å². The molecule has 1 aliphatic rings. The average Bonchev–Trinajstić information content (AvgIpc) is 2.82. The van der Waals surface area contributed by atoms with Crippen LogP contribution >= 0.6 is 11.8 Å². The van der Waals surface area contributed by atoms with E-state index in [1.165, 1.54) is 4.90 Å². The lowest BCUT2D eigenvalue weighted by molar-refractivity contribution is 0.0697. The number of nitrogens with one attached hydrogen (secondary N) is 1. The highest BCUT2D eigenvalue weighted by atomic mass is 32.2. The van der Waals surface area contributed by atoms with Crippen molar-refractivity contribution >= 4 is 23.4 Å². The van der Waals surface area contributed by atoms with Crippen LogP contribution in [0.5, 0.6) is 0 Å². The van der Waals surface area contributed by atoms with E-state index in [4.69, 9.17) is 5.11 Å². The first kappa shape index (κ1) is 11.2. The largest absolute Gasteiger partial charge is 0.478 e. The monoisotopic (exact) mass is 257 g/mol. The lowest BCUT2D eigenvalue weighted by Gasteiger charge is -2.10. The molecule has 0 bridgehead atoms. The van der Waals surface area contributed by atoms with Crippen molar-refractivity contribution < 1.29 is 9.90 Å². The fraction of sp³-hybridized carbons (Fsp3) is 0.0714. The molecule has 18 heavy (non-hydrogen) atoms. The quantitative estimate of drug-likeness (QED) is 0.863. The Labute approximate surface area is 109 Å². The summed E-state index contributed by atoms with van der Waals surface area (Å²) in [7, 11) is 0. The Morgan fingerprint density at radius 2 is 1.83 bits per heavy atom. The number of thioether (sulfide) groups is 1. The third-order valence-electron chi connectivity index (χ3n) is 2.88. The van der Waals surface area contributed by atoms with Crippen LogP contribution in [0.15, 0.2) is 53.4 Å². The van der Waals surface area contributed by atoms with Crippen molar-refractivity contribution in [3.05, 3.63) is 59.7 Å². The predicted octanol–water partition coefficient (Wildman–Crippen LogP) is 3.60. The van der Waals surface area contributed by atoms with Gasteiger partial charge in [0.05, 0.1) is 5.56 Å². The highest BCUT2D eigenvalue weighted by Crippen LogP contribution is 2.46. The van der Waals surface area contributed by atoms with Crippen molar-refractivity contribution in [3.8, 4) is 0 Å². The van der Waals surface area contributed by atoms with Crippen LogP contribution in [-0.2, 0) is 0 Å². The number of fused-ring (bicyclic) bond motifs is 1. The maximum Gasteiger partial charge on any atom is 0.335 e. The molecule has 0 aliphatic carbocycles. The summed E-state index contributed by atoms with van der Waals surface area (Å²) in [6, 6.07) is 15.2. The maximum atomic E-state index is 10.8. The van der Waals surface area contributed by atoms with E-state index < -0.39 is 5.97 Å². The summed E-state index contributed by atoms with van der Waals surface area (Å²) in [4.78, 5) is 12.0. The smallest absolute Gasteiger partial charge is 0.335 e. The van der Waals surface area contributed by atoms with Gasteiger partial charge in [0, 0.05) is 10.6 Å². The van der Waals surface area contributed by atoms with Gasteiger partial charge in [-0.05, 0) is 29.8 Å². The molecule has 0 aromatic heterocycles. The Balaban J connectivity index is 1.84. The number of carboxylic acids is 1. The molecule has 2 N–H and O–H groups in total. The first-order chi connectivity index (χ1) is 8.74. The van der Waals surface area contributed by atoms with E-state index in [0.29, 0.717) is 5.56 Å². The SMILES string of the molecule is O=C(O)c1ccc(C2Nc3ccccc3S2)cc1. The molecule has 4 heteroatoms. The van der Waals surface area contributed by atoms with Crippen molar-refractivity contribution in [1.29, 1.82) is 0 Å². The van der Waals surface area contributed by atoms with Crippen molar-refractivity contribution in [3.63, 3.8) is 0 Å². The summed E-state index contributed by atoms with van der Waals surface area (Å²) in [6.45, 7) is 0. The zero-order valence-corrected chi connectivity index (χ0v) is 10.3. The summed E-state index contributed by atoms with van der Waals surface area (Å²) < 4.78 is 0. The van der Waals surface area contributed by atoms with E-state index in [-0.39, 0.29) is 5.37 Å². The van der Waals surface area contributed by atoms with Crippen molar-refractivity contribution in [1.82, 2.24) is 0 Å². The van der Waals surface area contributed by atoms with E-state index in [1.54, 1.807) is 23.9 Å². The number of carboxylic acid groups (broad SMARTS) is 1. The Morgan fingerprint density at radius 3 is 2.50 bits per heavy atom. The van der Waals surface area contributed by atoms with Crippen molar-refractivity contribution in [2.24, 2.45) is 0 Å². The van der Waals surface area contributed by atoms with Crippen LogP contribution < -0.4 is 5.32 Å². The second-order valence-corrected chi connectivity index (χ2v) is 5.21. The average molecular weight is 257 g/mol. The fourth-order valence-corrected chi connectivity index (χ4v) is 3.08. The van der Waals surface area contributed by atoms with E-state index in [0.717, 1.165) is 11.3 Å². The first-order valence-electron chi connectivity index (χ1n) is 5.59. The third-order valence-corrected chi connectivity index (χ3v) is 4.11. The van der Waals surface area contributed by atoms with Crippen LogP contribution in [-0.4, -0.2) is 11.1 Å². The molecule has 90 valence electrons. The van der Waals surface area contributed by atoms with Gasteiger partial charge in [-0.3, -0.25) is 0 Å². The van der Waals surface area contributed by atoms with Crippen molar-refractivity contribution in [2.45, 2.75) is 10.3 Å². The number of aromatic carboxylic acids is 1. The number of benzene rings is 2. The molecule has 3 nitrogen and oxygen atoms in total. The molecule has 1 heterocycles. The number of hydrogen-bond donors (Lipinski definition) is 2. The van der Waals surface area contributed by atoms with Gasteiger partial charge in [0.2, 0.25) is 0 Å². The Morgan fingerprint density at radius 1 is 1.11 bits per heavy atom. The second-order valence-electron chi connectivity index (χ2n) is 4.07. The minimum absolute atomic E-state index is 0.158. The minimum atomic E-state index is -0.892. The summed E-state index contributed by atoms with van der Waals surface area (Å²) in [6.07, 6.45) is 0. The number of anilines is 1. The van der Waals surface area contributed by atoms with Gasteiger partial charge in [0.25, 0.3) is 0 Å². The number of rotatable bonds is 2. The number of carbonyl (C=O) groups is 1. The Bertz CT molecular complexity index is 570. The summed E-state index contributed by atoms with van der Waals surface area (Å²) in [5.41, 5.74) is 2.54. The molecular formula is C14H11NO2S. The maximum absolute atomic E-state index is 10.8. The van der Waals surface area contributed by atoms with Crippen LogP contribution in [0.3, 0.4) is 0 Å². The Kier molecular flexibility index (Phi) is 2.72. The standard InChI is InChI=1S/C14H11NO2S/c16-14(17)10-7-5-9(6-8-10)13-15-11-3-1-2-4-12(11)18-13/h1-8,13,15H,(H,16,17).